The average molecular weight is 360 g/mol. The number of fused-ring (bicyclic) bond motifs is 1. The van der Waals surface area contributed by atoms with Gasteiger partial charge in [0, 0.05) is 40.5 Å². The molecule has 3 heterocycles. The second kappa shape index (κ2) is 5.30. The van der Waals surface area contributed by atoms with Crippen molar-refractivity contribution in [1.29, 1.82) is 0 Å². The number of thiazole rings is 1. The summed E-state index contributed by atoms with van der Waals surface area (Å²) in [4.78, 5) is 8.38. The van der Waals surface area contributed by atoms with Crippen molar-refractivity contribution in [2.45, 2.75) is 30.3 Å². The summed E-state index contributed by atoms with van der Waals surface area (Å²) in [5.74, 6) is 2.35. The van der Waals surface area contributed by atoms with Crippen molar-refractivity contribution in [1.82, 2.24) is 9.38 Å². The minimum absolute atomic E-state index is 0.389. The van der Waals surface area contributed by atoms with E-state index in [2.05, 4.69) is 62.4 Å². The Labute approximate surface area is 130 Å². The average Bonchev–Trinajstić information content (AvgIpc) is 2.88. The maximum Gasteiger partial charge on any atom is 0.195 e. The number of hydrogen-bond donors (Lipinski definition) is 0. The van der Waals surface area contributed by atoms with Gasteiger partial charge in [0.05, 0.1) is 5.69 Å². The molecule has 0 spiro atoms. The van der Waals surface area contributed by atoms with Crippen LogP contribution in [-0.2, 0) is 5.33 Å². The second-order valence-electron chi connectivity index (χ2n) is 5.42. The van der Waals surface area contributed by atoms with Gasteiger partial charge in [-0.1, -0.05) is 29.8 Å². The molecule has 0 bridgehead atoms. The Hall–Kier alpha value is -0.200. The van der Waals surface area contributed by atoms with E-state index in [1.54, 1.807) is 11.3 Å². The van der Waals surface area contributed by atoms with Gasteiger partial charge < -0.3 is 4.90 Å². The lowest BCUT2D eigenvalue weighted by molar-refractivity contribution is 0.635. The van der Waals surface area contributed by atoms with Crippen LogP contribution in [-0.4, -0.2) is 33.0 Å². The Kier molecular flexibility index (Phi) is 3.84. The summed E-state index contributed by atoms with van der Waals surface area (Å²) in [7, 11) is 0. The van der Waals surface area contributed by atoms with Gasteiger partial charge in [0.25, 0.3) is 0 Å². The summed E-state index contributed by atoms with van der Waals surface area (Å²) in [6.45, 7) is 6.89. The fourth-order valence-corrected chi connectivity index (χ4v) is 4.78. The van der Waals surface area contributed by atoms with Gasteiger partial charge in [-0.2, -0.15) is 11.8 Å². The number of alkyl halides is 1. The quantitative estimate of drug-likeness (QED) is 0.755. The van der Waals surface area contributed by atoms with Crippen LogP contribution in [0, 0.1) is 0 Å². The first kappa shape index (κ1) is 13.8. The summed E-state index contributed by atoms with van der Waals surface area (Å²) in [5.41, 5.74) is 1.28. The maximum atomic E-state index is 4.82. The molecule has 1 fully saturated rings. The number of anilines is 1. The van der Waals surface area contributed by atoms with Crippen LogP contribution in [0.25, 0.3) is 4.96 Å². The van der Waals surface area contributed by atoms with Crippen molar-refractivity contribution >= 4 is 49.8 Å². The van der Waals surface area contributed by atoms with E-state index in [1.165, 1.54) is 23.7 Å². The normalized spacial score (nSPS) is 19.8. The fraction of sp³-hybridized carbons (Fsp3) is 0.615. The second-order valence-corrected chi connectivity index (χ2v) is 8.65. The molecule has 3 nitrogen and oxygen atoms in total. The van der Waals surface area contributed by atoms with E-state index in [9.17, 15) is 0 Å². The molecule has 2 aromatic heterocycles. The van der Waals surface area contributed by atoms with E-state index in [1.807, 2.05) is 0 Å². The van der Waals surface area contributed by atoms with Gasteiger partial charge in [0.1, 0.15) is 0 Å². The Bertz CT molecular complexity index is 575. The third-order valence-electron chi connectivity index (χ3n) is 3.60. The molecule has 1 aliphatic rings. The van der Waals surface area contributed by atoms with Crippen molar-refractivity contribution in [3.63, 3.8) is 0 Å². The van der Waals surface area contributed by atoms with Gasteiger partial charge in [-0.25, -0.2) is 4.98 Å². The molecule has 0 N–H and O–H groups in total. The zero-order valence-electron chi connectivity index (χ0n) is 11.2. The highest BCUT2D eigenvalue weighted by Crippen LogP contribution is 2.34. The molecule has 6 heteroatoms. The number of nitrogens with zero attached hydrogens (tertiary/aromatic N) is 3. The van der Waals surface area contributed by atoms with E-state index in [0.29, 0.717) is 4.75 Å². The molecule has 0 radical (unpaired) electrons. The molecule has 0 unspecified atom stereocenters. The molecule has 19 heavy (non-hydrogen) atoms. The van der Waals surface area contributed by atoms with E-state index in [0.717, 1.165) is 23.4 Å². The van der Waals surface area contributed by atoms with Gasteiger partial charge in [-0.15, -0.1) is 11.3 Å². The molecule has 1 aliphatic heterocycles. The topological polar surface area (TPSA) is 20.5 Å². The first-order valence-corrected chi connectivity index (χ1v) is 9.49. The molecule has 3 rings (SSSR count). The minimum atomic E-state index is 0.389. The predicted molar refractivity (Wildman–Crippen MR) is 89.1 cm³/mol. The predicted octanol–water partition coefficient (Wildman–Crippen LogP) is 4.01. The van der Waals surface area contributed by atoms with Gasteiger partial charge in [0.15, 0.2) is 10.8 Å². The molecule has 0 amide bonds. The lowest BCUT2D eigenvalue weighted by Crippen LogP contribution is -2.28. The number of imidazole rings is 1. The van der Waals surface area contributed by atoms with E-state index in [4.69, 9.17) is 4.98 Å². The molecule has 0 saturated carbocycles. The number of halogens is 1. The van der Waals surface area contributed by atoms with Crippen LogP contribution in [0.15, 0.2) is 11.6 Å². The third kappa shape index (κ3) is 2.67. The van der Waals surface area contributed by atoms with Crippen LogP contribution in [0.2, 0.25) is 0 Å². The van der Waals surface area contributed by atoms with Crippen molar-refractivity contribution in [2.24, 2.45) is 0 Å². The number of hydrogen-bond acceptors (Lipinski definition) is 4. The zero-order chi connectivity index (χ0) is 13.5. The summed E-state index contributed by atoms with van der Waals surface area (Å²) in [5, 5.41) is 2.95. The number of aromatic nitrogens is 2. The van der Waals surface area contributed by atoms with Crippen LogP contribution >= 0.6 is 39.0 Å². The van der Waals surface area contributed by atoms with E-state index < -0.39 is 0 Å². The Balaban J connectivity index is 1.93. The van der Waals surface area contributed by atoms with Gasteiger partial charge in [-0.05, 0) is 6.42 Å². The summed E-state index contributed by atoms with van der Waals surface area (Å²) in [6, 6.07) is 0. The van der Waals surface area contributed by atoms with Crippen LogP contribution in [0.4, 0.5) is 5.82 Å². The van der Waals surface area contributed by atoms with E-state index in [-0.39, 0.29) is 0 Å². The summed E-state index contributed by atoms with van der Waals surface area (Å²) >= 11 is 7.40. The SMILES string of the molecule is CC1(C)CCN(c2nc3sccn3c2CBr)CCS1. The Morgan fingerprint density at radius 2 is 2.26 bits per heavy atom. The summed E-state index contributed by atoms with van der Waals surface area (Å²) in [6.07, 6.45) is 3.33. The number of thioether (sulfide) groups is 1. The molecule has 1 saturated heterocycles. The lowest BCUT2D eigenvalue weighted by Gasteiger charge is -2.23. The highest BCUT2D eigenvalue weighted by molar-refractivity contribution is 9.08. The Morgan fingerprint density at radius 3 is 3.05 bits per heavy atom. The molecule has 0 aromatic carbocycles. The molecular formula is C13H18BrN3S2. The van der Waals surface area contributed by atoms with Crippen LogP contribution in [0.1, 0.15) is 26.0 Å². The minimum Gasteiger partial charge on any atom is -0.354 e. The molecule has 2 aromatic rings. The van der Waals surface area contributed by atoms with Gasteiger partial charge in [-0.3, -0.25) is 4.40 Å². The zero-order valence-corrected chi connectivity index (χ0v) is 14.4. The highest BCUT2D eigenvalue weighted by atomic mass is 79.9. The van der Waals surface area contributed by atoms with Gasteiger partial charge >= 0.3 is 0 Å². The van der Waals surface area contributed by atoms with Crippen molar-refractivity contribution in [3.8, 4) is 0 Å². The van der Waals surface area contributed by atoms with E-state index >= 15 is 0 Å². The first-order chi connectivity index (χ1) is 9.11. The van der Waals surface area contributed by atoms with Crippen LogP contribution in [0.3, 0.4) is 0 Å². The maximum absolute atomic E-state index is 4.82. The molecule has 0 aliphatic carbocycles. The first-order valence-electron chi connectivity index (χ1n) is 6.50. The van der Waals surface area contributed by atoms with Crippen LogP contribution < -0.4 is 4.90 Å². The Morgan fingerprint density at radius 1 is 1.42 bits per heavy atom. The largest absolute Gasteiger partial charge is 0.354 e. The van der Waals surface area contributed by atoms with Crippen molar-refractivity contribution < 1.29 is 0 Å². The highest BCUT2D eigenvalue weighted by Gasteiger charge is 2.26. The van der Waals surface area contributed by atoms with Crippen molar-refractivity contribution in [3.05, 3.63) is 17.3 Å². The lowest BCUT2D eigenvalue weighted by atomic mass is 10.1. The smallest absolute Gasteiger partial charge is 0.195 e. The molecular weight excluding hydrogens is 342 g/mol. The van der Waals surface area contributed by atoms with Crippen molar-refractivity contribution in [2.75, 3.05) is 23.7 Å². The monoisotopic (exact) mass is 359 g/mol. The fourth-order valence-electron chi connectivity index (χ4n) is 2.43. The number of rotatable bonds is 2. The van der Waals surface area contributed by atoms with Crippen LogP contribution in [0.5, 0.6) is 0 Å². The summed E-state index contributed by atoms with van der Waals surface area (Å²) < 4.78 is 2.60. The molecule has 104 valence electrons. The van der Waals surface area contributed by atoms with Gasteiger partial charge in [0.2, 0.25) is 0 Å². The molecule has 0 atom stereocenters. The third-order valence-corrected chi connectivity index (χ3v) is 6.26. The standard InChI is InChI=1S/C13H18BrN3S2/c1-13(2)3-4-16(5-8-19-13)11-10(9-14)17-6-7-18-12(17)15-11/h6-7H,3-5,8-9H2,1-2H3.